The Bertz CT molecular complexity index is 936. The lowest BCUT2D eigenvalue weighted by Crippen LogP contribution is -2.37. The maximum absolute atomic E-state index is 12.9. The molecule has 2 aromatic heterocycles. The first-order valence-electron chi connectivity index (χ1n) is 8.53. The van der Waals surface area contributed by atoms with E-state index in [0.717, 1.165) is 35.0 Å². The molecule has 1 amide bonds. The normalized spacial score (nSPS) is 16.4. The Labute approximate surface area is 151 Å². The largest absolute Gasteiger partial charge is 0.308 e. The zero-order valence-corrected chi connectivity index (χ0v) is 15.2. The number of hydrogen-bond acceptors (Lipinski definition) is 4. The number of hydrogen-bond donors (Lipinski definition) is 0. The molecule has 5 nitrogen and oxygen atoms in total. The summed E-state index contributed by atoms with van der Waals surface area (Å²) in [4.78, 5) is 23.8. The Hall–Kier alpha value is -2.34. The topological polar surface area (TPSA) is 51.0 Å². The number of aromatic nitrogens is 3. The minimum atomic E-state index is 0.130. The number of fused-ring (bicyclic) bond motifs is 2. The molecular weight excluding hydrogens is 332 g/mol. The van der Waals surface area contributed by atoms with E-state index in [4.69, 9.17) is 0 Å². The van der Waals surface area contributed by atoms with E-state index >= 15 is 0 Å². The maximum Gasteiger partial charge on any atom is 0.237 e. The van der Waals surface area contributed by atoms with Crippen molar-refractivity contribution in [2.24, 2.45) is 0 Å². The lowest BCUT2D eigenvalue weighted by atomic mass is 10.1. The first-order valence-corrected chi connectivity index (χ1v) is 9.51. The van der Waals surface area contributed by atoms with E-state index in [2.05, 4.69) is 34.4 Å². The van der Waals surface area contributed by atoms with Crippen LogP contribution in [0, 0.1) is 0 Å². The number of thioether (sulfide) groups is 1. The zero-order chi connectivity index (χ0) is 17.4. The van der Waals surface area contributed by atoms with Crippen molar-refractivity contribution in [3.63, 3.8) is 0 Å². The Balaban J connectivity index is 1.55. The molecule has 4 rings (SSSR count). The Morgan fingerprint density at radius 2 is 2.12 bits per heavy atom. The number of benzene rings is 1. The predicted octanol–water partition coefficient (Wildman–Crippen LogP) is 3.52. The number of carbonyl (C=O) groups excluding carboxylic acids is 1. The van der Waals surface area contributed by atoms with Gasteiger partial charge in [-0.15, -0.1) is 0 Å². The Kier molecular flexibility index (Phi) is 4.21. The van der Waals surface area contributed by atoms with Crippen LogP contribution in [0.4, 0.5) is 5.69 Å². The third-order valence-corrected chi connectivity index (χ3v) is 5.55. The van der Waals surface area contributed by atoms with Crippen LogP contribution in [0.3, 0.4) is 0 Å². The molecule has 25 heavy (non-hydrogen) atoms. The number of para-hydroxylation sites is 1. The molecule has 0 N–H and O–H groups in total. The summed E-state index contributed by atoms with van der Waals surface area (Å²) < 4.78 is 2.06. The van der Waals surface area contributed by atoms with Gasteiger partial charge in [0.25, 0.3) is 0 Å². The summed E-state index contributed by atoms with van der Waals surface area (Å²) >= 11 is 1.49. The highest BCUT2D eigenvalue weighted by Crippen LogP contribution is 2.33. The molecule has 0 saturated heterocycles. The predicted molar refractivity (Wildman–Crippen MR) is 101 cm³/mol. The van der Waals surface area contributed by atoms with Gasteiger partial charge in [-0.05, 0) is 44.0 Å². The van der Waals surface area contributed by atoms with Crippen molar-refractivity contribution >= 4 is 34.5 Å². The van der Waals surface area contributed by atoms with Crippen molar-refractivity contribution in [3.05, 3.63) is 48.2 Å². The minimum absolute atomic E-state index is 0.130. The van der Waals surface area contributed by atoms with Gasteiger partial charge in [-0.25, -0.2) is 9.97 Å². The first-order chi connectivity index (χ1) is 12.2. The number of carbonyl (C=O) groups is 1. The number of amides is 1. The summed E-state index contributed by atoms with van der Waals surface area (Å²) in [5, 5.41) is 0.852. The van der Waals surface area contributed by atoms with Gasteiger partial charge in [0.2, 0.25) is 5.91 Å². The summed E-state index contributed by atoms with van der Waals surface area (Å²) in [7, 11) is 0. The van der Waals surface area contributed by atoms with E-state index in [-0.39, 0.29) is 11.9 Å². The summed E-state index contributed by atoms with van der Waals surface area (Å²) in [6.07, 6.45) is 2.70. The zero-order valence-electron chi connectivity index (χ0n) is 14.3. The lowest BCUT2D eigenvalue weighted by molar-refractivity contribution is -0.116. The summed E-state index contributed by atoms with van der Waals surface area (Å²) in [6, 6.07) is 12.2. The van der Waals surface area contributed by atoms with E-state index < -0.39 is 0 Å². The number of rotatable bonds is 4. The number of imidazole rings is 1. The van der Waals surface area contributed by atoms with Gasteiger partial charge in [0.1, 0.15) is 5.52 Å². The van der Waals surface area contributed by atoms with Crippen molar-refractivity contribution < 1.29 is 4.79 Å². The van der Waals surface area contributed by atoms with Crippen molar-refractivity contribution in [1.82, 2.24) is 14.5 Å². The van der Waals surface area contributed by atoms with Gasteiger partial charge < -0.3 is 9.47 Å². The standard InChI is InChI=1S/C19H20N4OS/c1-3-22-18-15(8-6-10-20-18)21-19(22)25-12-17(24)23-13(2)11-14-7-4-5-9-16(14)23/h4-10,13H,3,11-12H2,1-2H3/t13-/m1/s1. The molecule has 0 fully saturated rings. The average Bonchev–Trinajstić information content (AvgIpc) is 3.15. The molecule has 1 aromatic carbocycles. The third kappa shape index (κ3) is 2.80. The van der Waals surface area contributed by atoms with Crippen LogP contribution in [0.15, 0.2) is 47.8 Å². The first kappa shape index (κ1) is 16.1. The van der Waals surface area contributed by atoms with Gasteiger partial charge in [-0.1, -0.05) is 30.0 Å². The molecule has 0 spiro atoms. The fourth-order valence-electron chi connectivity index (χ4n) is 3.47. The van der Waals surface area contributed by atoms with Gasteiger partial charge in [0.05, 0.1) is 5.75 Å². The molecule has 128 valence electrons. The SMILES string of the molecule is CCn1c(SCC(=O)N2c3ccccc3C[C@H]2C)nc2cccnc21. The van der Waals surface area contributed by atoms with E-state index in [9.17, 15) is 4.79 Å². The number of pyridine rings is 1. The summed E-state index contributed by atoms with van der Waals surface area (Å²) in [5.41, 5.74) is 4.05. The van der Waals surface area contributed by atoms with Gasteiger partial charge in [-0.3, -0.25) is 4.79 Å². The van der Waals surface area contributed by atoms with Crippen molar-refractivity contribution in [2.45, 2.75) is 38.0 Å². The van der Waals surface area contributed by atoms with Crippen LogP contribution >= 0.6 is 11.8 Å². The van der Waals surface area contributed by atoms with E-state index in [0.29, 0.717) is 5.75 Å². The second-order valence-electron chi connectivity index (χ2n) is 6.22. The van der Waals surface area contributed by atoms with Crippen LogP contribution in [0.25, 0.3) is 11.2 Å². The fourth-order valence-corrected chi connectivity index (χ4v) is 4.40. The van der Waals surface area contributed by atoms with E-state index in [1.165, 1.54) is 17.3 Å². The molecule has 0 unspecified atom stereocenters. The highest BCUT2D eigenvalue weighted by Gasteiger charge is 2.30. The molecular formula is C19H20N4OS. The second-order valence-corrected chi connectivity index (χ2v) is 7.16. The van der Waals surface area contributed by atoms with Crippen molar-refractivity contribution in [1.29, 1.82) is 0 Å². The maximum atomic E-state index is 12.9. The molecule has 1 aliphatic heterocycles. The molecule has 0 saturated carbocycles. The van der Waals surface area contributed by atoms with E-state index in [1.54, 1.807) is 6.20 Å². The van der Waals surface area contributed by atoms with Gasteiger partial charge in [-0.2, -0.15) is 0 Å². The minimum Gasteiger partial charge on any atom is -0.308 e. The smallest absolute Gasteiger partial charge is 0.237 e. The van der Waals surface area contributed by atoms with Crippen molar-refractivity contribution in [2.75, 3.05) is 10.7 Å². The molecule has 0 aliphatic carbocycles. The van der Waals surface area contributed by atoms with Crippen molar-refractivity contribution in [3.8, 4) is 0 Å². The molecule has 3 aromatic rings. The molecule has 1 atom stereocenters. The molecule has 1 aliphatic rings. The Morgan fingerprint density at radius 1 is 1.28 bits per heavy atom. The summed E-state index contributed by atoms with van der Waals surface area (Å²) in [6.45, 7) is 4.96. The lowest BCUT2D eigenvalue weighted by Gasteiger charge is -2.22. The van der Waals surface area contributed by atoms with Crippen LogP contribution in [0.1, 0.15) is 19.4 Å². The quantitative estimate of drug-likeness (QED) is 0.674. The van der Waals surface area contributed by atoms with Crippen LogP contribution < -0.4 is 4.90 Å². The van der Waals surface area contributed by atoms with Gasteiger partial charge in [0.15, 0.2) is 10.8 Å². The Morgan fingerprint density at radius 3 is 2.96 bits per heavy atom. The molecule has 0 bridgehead atoms. The molecule has 3 heterocycles. The van der Waals surface area contributed by atoms with E-state index in [1.807, 2.05) is 35.2 Å². The number of anilines is 1. The summed E-state index contributed by atoms with van der Waals surface area (Å²) in [5.74, 6) is 0.507. The second kappa shape index (κ2) is 6.52. The fraction of sp³-hybridized carbons (Fsp3) is 0.316. The van der Waals surface area contributed by atoms with Crippen LogP contribution in [-0.2, 0) is 17.8 Å². The van der Waals surface area contributed by atoms with Crippen LogP contribution in [0.5, 0.6) is 0 Å². The van der Waals surface area contributed by atoms with Gasteiger partial charge in [0, 0.05) is 24.5 Å². The third-order valence-electron chi connectivity index (χ3n) is 4.59. The van der Waals surface area contributed by atoms with Crippen LogP contribution in [0.2, 0.25) is 0 Å². The average molecular weight is 352 g/mol. The number of aryl methyl sites for hydroxylation is 1. The van der Waals surface area contributed by atoms with Crippen LogP contribution in [-0.4, -0.2) is 32.2 Å². The monoisotopic (exact) mass is 352 g/mol. The molecule has 0 radical (unpaired) electrons. The van der Waals surface area contributed by atoms with Gasteiger partial charge >= 0.3 is 0 Å². The number of nitrogens with zero attached hydrogens (tertiary/aromatic N) is 4. The highest BCUT2D eigenvalue weighted by atomic mass is 32.2. The highest BCUT2D eigenvalue weighted by molar-refractivity contribution is 7.99. The molecule has 6 heteroatoms.